The number of hydrogen-bond donors (Lipinski definition) is 2. The van der Waals surface area contributed by atoms with Crippen LogP contribution in [0.2, 0.25) is 0 Å². The summed E-state index contributed by atoms with van der Waals surface area (Å²) in [6.07, 6.45) is 6.93. The number of methoxy groups -OCH3 is 1. The second-order valence-corrected chi connectivity index (χ2v) is 10.9. The number of carbonyl (C=O) groups excluding carboxylic acids is 2. The molecule has 3 N–H and O–H groups in total. The van der Waals surface area contributed by atoms with Crippen molar-refractivity contribution in [1.82, 2.24) is 24.0 Å². The number of esters is 2. The van der Waals surface area contributed by atoms with E-state index in [2.05, 4.69) is 36.4 Å². The highest BCUT2D eigenvalue weighted by Crippen LogP contribution is 2.38. The van der Waals surface area contributed by atoms with Crippen LogP contribution in [0.1, 0.15) is 24.4 Å². The molecule has 13 nitrogen and oxygen atoms in total. The summed E-state index contributed by atoms with van der Waals surface area (Å²) in [5, 5.41) is 3.19. The predicted octanol–water partition coefficient (Wildman–Crippen LogP) is 3.52. The predicted molar refractivity (Wildman–Crippen MR) is 174 cm³/mol. The lowest BCUT2D eigenvalue weighted by Gasteiger charge is -2.24. The van der Waals surface area contributed by atoms with E-state index in [1.165, 1.54) is 10.6 Å². The van der Waals surface area contributed by atoms with Crippen molar-refractivity contribution in [3.63, 3.8) is 0 Å². The van der Waals surface area contributed by atoms with Crippen molar-refractivity contribution in [3.8, 4) is 11.6 Å². The van der Waals surface area contributed by atoms with E-state index >= 15 is 0 Å². The normalized spacial score (nSPS) is 12.9. The van der Waals surface area contributed by atoms with Gasteiger partial charge in [-0.25, -0.2) is 23.9 Å². The largest absolute Gasteiger partial charge is 0.494 e. The van der Waals surface area contributed by atoms with Gasteiger partial charge >= 0.3 is 17.6 Å². The zero-order chi connectivity index (χ0) is 32.2. The molecule has 13 heteroatoms. The van der Waals surface area contributed by atoms with Gasteiger partial charge in [-0.05, 0) is 56.8 Å². The highest BCUT2D eigenvalue weighted by molar-refractivity contribution is 5.98. The Bertz CT molecular complexity index is 1850. The monoisotopic (exact) mass is 612 g/mol. The molecule has 0 amide bonds. The Labute approximate surface area is 260 Å². The maximum absolute atomic E-state index is 13.8. The molecule has 2 aromatic heterocycles. The average molecular weight is 613 g/mol. The smallest absolute Gasteiger partial charge is 0.338 e. The number of nitrogens with two attached hydrogens (primary N) is 1. The molecule has 2 heterocycles. The number of ether oxygens (including phenoxy) is 2. The average Bonchev–Trinajstić information content (AvgIpc) is 3.81. The lowest BCUT2D eigenvalue weighted by molar-refractivity contribution is -0.152. The minimum absolute atomic E-state index is 0.101. The first kappa shape index (κ1) is 31.0. The van der Waals surface area contributed by atoms with Crippen molar-refractivity contribution < 1.29 is 19.1 Å². The summed E-state index contributed by atoms with van der Waals surface area (Å²) < 4.78 is 13.6. The standard InChI is InChI=1S/C32H36N8O5/c1-6-29(41)45-30(42)12-8-20-7-11-24-26(17-20)40(32(43)39(24)21-9-10-21)28-13-14-34-31(36-28)35-23-18-22(33)25(19-27(23)44-5)38(4)16-15-37(2)3/h6-8,11-14,17-19,21H,1,9-10,15-16,33H2,2-5H3,(H,34,35,36)/b12-8+. The molecule has 0 aliphatic heterocycles. The van der Waals surface area contributed by atoms with Gasteiger partial charge in [0.25, 0.3) is 0 Å². The zero-order valence-corrected chi connectivity index (χ0v) is 25.7. The molecular weight excluding hydrogens is 576 g/mol. The van der Waals surface area contributed by atoms with Crippen LogP contribution in [-0.2, 0) is 14.3 Å². The zero-order valence-electron chi connectivity index (χ0n) is 25.7. The lowest BCUT2D eigenvalue weighted by atomic mass is 10.2. The van der Waals surface area contributed by atoms with Crippen LogP contribution in [0.4, 0.5) is 23.0 Å². The summed E-state index contributed by atoms with van der Waals surface area (Å²) in [7, 11) is 7.58. The third-order valence-corrected chi connectivity index (χ3v) is 7.35. The van der Waals surface area contributed by atoms with E-state index in [1.54, 1.807) is 42.1 Å². The van der Waals surface area contributed by atoms with Crippen molar-refractivity contribution in [1.29, 1.82) is 0 Å². The molecule has 2 aromatic carbocycles. The third kappa shape index (κ3) is 6.88. The molecular formula is C32H36N8O5. The van der Waals surface area contributed by atoms with E-state index in [1.807, 2.05) is 33.3 Å². The number of nitrogens with zero attached hydrogens (tertiary/aromatic N) is 6. The number of aromatic nitrogens is 4. The minimum atomic E-state index is -0.841. The van der Waals surface area contributed by atoms with Gasteiger partial charge in [0, 0.05) is 56.7 Å². The Hall–Kier alpha value is -5.43. The second kappa shape index (κ2) is 13.1. The number of benzene rings is 2. The second-order valence-electron chi connectivity index (χ2n) is 10.9. The summed E-state index contributed by atoms with van der Waals surface area (Å²) >= 11 is 0. The fourth-order valence-corrected chi connectivity index (χ4v) is 4.89. The van der Waals surface area contributed by atoms with Crippen LogP contribution in [0.3, 0.4) is 0 Å². The van der Waals surface area contributed by atoms with Gasteiger partial charge in [0.05, 0.1) is 35.2 Å². The summed E-state index contributed by atoms with van der Waals surface area (Å²) in [5.74, 6) is -0.525. The molecule has 234 valence electrons. The maximum atomic E-state index is 13.8. The van der Waals surface area contributed by atoms with Crippen molar-refractivity contribution in [2.75, 3.05) is 57.3 Å². The first-order chi connectivity index (χ1) is 21.6. The Balaban J connectivity index is 1.49. The van der Waals surface area contributed by atoms with E-state index in [0.29, 0.717) is 34.0 Å². The first-order valence-electron chi connectivity index (χ1n) is 14.4. The molecule has 0 atom stereocenters. The molecule has 4 aromatic rings. The quantitative estimate of drug-likeness (QED) is 0.105. The third-order valence-electron chi connectivity index (χ3n) is 7.35. The van der Waals surface area contributed by atoms with Gasteiger partial charge in [0.1, 0.15) is 11.6 Å². The number of anilines is 4. The molecule has 1 aliphatic rings. The number of nitrogen functional groups attached to an aromatic ring is 1. The highest BCUT2D eigenvalue weighted by Gasteiger charge is 2.29. The summed E-state index contributed by atoms with van der Waals surface area (Å²) in [4.78, 5) is 50.3. The molecule has 0 bridgehead atoms. The number of rotatable bonds is 12. The van der Waals surface area contributed by atoms with Crippen LogP contribution in [0.25, 0.3) is 22.9 Å². The Kier molecular flexibility index (Phi) is 9.00. The van der Waals surface area contributed by atoms with Gasteiger partial charge in [-0.2, -0.15) is 4.98 Å². The van der Waals surface area contributed by atoms with Crippen LogP contribution in [0, 0.1) is 0 Å². The Morgan fingerprint density at radius 2 is 1.89 bits per heavy atom. The Morgan fingerprint density at radius 1 is 1.11 bits per heavy atom. The number of fused-ring (bicyclic) bond motifs is 1. The highest BCUT2D eigenvalue weighted by atomic mass is 16.6. The van der Waals surface area contributed by atoms with E-state index in [9.17, 15) is 14.4 Å². The van der Waals surface area contributed by atoms with Crippen molar-refractivity contribution in [3.05, 3.63) is 77.4 Å². The van der Waals surface area contributed by atoms with Crippen LogP contribution >= 0.6 is 0 Å². The number of imidazole rings is 1. The first-order valence-corrected chi connectivity index (χ1v) is 14.4. The van der Waals surface area contributed by atoms with Gasteiger partial charge in [0.2, 0.25) is 5.95 Å². The van der Waals surface area contributed by atoms with Gasteiger partial charge in [0.15, 0.2) is 0 Å². The lowest BCUT2D eigenvalue weighted by Crippen LogP contribution is -2.29. The Morgan fingerprint density at radius 3 is 2.58 bits per heavy atom. The molecule has 1 aliphatic carbocycles. The van der Waals surface area contributed by atoms with E-state index in [0.717, 1.165) is 49.3 Å². The van der Waals surface area contributed by atoms with Crippen LogP contribution in [0.5, 0.6) is 5.75 Å². The van der Waals surface area contributed by atoms with E-state index in [-0.39, 0.29) is 17.7 Å². The molecule has 0 saturated heterocycles. The van der Waals surface area contributed by atoms with Crippen LogP contribution < -0.4 is 26.4 Å². The molecule has 0 unspecified atom stereocenters. The molecule has 1 saturated carbocycles. The summed E-state index contributed by atoms with van der Waals surface area (Å²) in [6, 6.07) is 10.8. The van der Waals surface area contributed by atoms with Crippen LogP contribution in [-0.4, -0.2) is 77.3 Å². The molecule has 1 fully saturated rings. The minimum Gasteiger partial charge on any atom is -0.494 e. The molecule has 45 heavy (non-hydrogen) atoms. The molecule has 5 rings (SSSR count). The van der Waals surface area contributed by atoms with Crippen LogP contribution in [0.15, 0.2) is 66.1 Å². The maximum Gasteiger partial charge on any atom is 0.338 e. The van der Waals surface area contributed by atoms with Crippen molar-refractivity contribution in [2.24, 2.45) is 0 Å². The van der Waals surface area contributed by atoms with Gasteiger partial charge in [-0.1, -0.05) is 12.6 Å². The number of hydrogen-bond acceptors (Lipinski definition) is 11. The fraction of sp³-hybridized carbons (Fsp3) is 0.281. The van der Waals surface area contributed by atoms with Gasteiger partial charge in [-0.3, -0.25) is 4.57 Å². The molecule has 0 radical (unpaired) electrons. The fourth-order valence-electron chi connectivity index (χ4n) is 4.89. The van der Waals surface area contributed by atoms with E-state index < -0.39 is 11.9 Å². The van der Waals surface area contributed by atoms with Gasteiger partial charge in [-0.15, -0.1) is 0 Å². The van der Waals surface area contributed by atoms with Gasteiger partial charge < -0.3 is 30.3 Å². The summed E-state index contributed by atoms with van der Waals surface area (Å²) in [5.41, 5.74) is 10.1. The summed E-state index contributed by atoms with van der Waals surface area (Å²) in [6.45, 7) is 4.92. The SMILES string of the molecule is C=CC(=O)OC(=O)/C=C/c1ccc2c(c1)n(-c1ccnc(Nc3cc(N)c(N(C)CCN(C)C)cc3OC)n1)c(=O)n2C1CC1. The van der Waals surface area contributed by atoms with Crippen molar-refractivity contribution in [2.45, 2.75) is 18.9 Å². The number of nitrogens with one attached hydrogen (secondary N) is 1. The topological polar surface area (TPSA) is 150 Å². The van der Waals surface area contributed by atoms with E-state index in [4.69, 9.17) is 10.5 Å². The molecule has 0 spiro atoms. The number of likely N-dealkylation sites (N-methyl/N-ethyl adjacent to an activating group) is 2. The van der Waals surface area contributed by atoms with Crippen molar-refractivity contribution >= 4 is 52.1 Å². The number of carbonyl (C=O) groups is 2.